The first-order valence-corrected chi connectivity index (χ1v) is 6.69. The molecule has 0 heterocycles. The van der Waals surface area contributed by atoms with E-state index in [1.807, 2.05) is 0 Å². The highest BCUT2D eigenvalue weighted by Gasteiger charge is 2.05. The van der Waals surface area contributed by atoms with Crippen molar-refractivity contribution in [3.05, 3.63) is 71.9 Å². The van der Waals surface area contributed by atoms with Crippen LogP contribution in [0.15, 0.2) is 71.9 Å². The van der Waals surface area contributed by atoms with Gasteiger partial charge in [0.2, 0.25) is 0 Å². The van der Waals surface area contributed by atoms with Crippen molar-refractivity contribution in [2.24, 2.45) is 5.73 Å². The summed E-state index contributed by atoms with van der Waals surface area (Å²) in [6, 6.07) is 0.00885. The van der Waals surface area contributed by atoms with Crippen LogP contribution in [0.25, 0.3) is 0 Å². The Labute approximate surface area is 110 Å². The van der Waals surface area contributed by atoms with Gasteiger partial charge in [0.25, 0.3) is 0 Å². The van der Waals surface area contributed by atoms with Gasteiger partial charge in [-0.1, -0.05) is 60.8 Å². The number of allylic oxidation sites excluding steroid dienone is 10. The molecule has 0 aromatic rings. The lowest BCUT2D eigenvalue weighted by atomic mass is 9.95. The van der Waals surface area contributed by atoms with Gasteiger partial charge >= 0.3 is 0 Å². The molecular weight excluding hydrogens is 218 g/mol. The molecule has 2 aliphatic carbocycles. The summed E-state index contributed by atoms with van der Waals surface area (Å²) in [7, 11) is 0. The van der Waals surface area contributed by atoms with Crippen LogP contribution in [0.5, 0.6) is 0 Å². The molecule has 2 aliphatic rings. The van der Waals surface area contributed by atoms with Crippen molar-refractivity contribution in [1.82, 2.24) is 0 Å². The summed E-state index contributed by atoms with van der Waals surface area (Å²) < 4.78 is 0. The Bertz CT molecular complexity index is 444. The zero-order chi connectivity index (χ0) is 12.6. The molecule has 0 amide bonds. The van der Waals surface area contributed by atoms with Gasteiger partial charge in [0, 0.05) is 6.04 Å². The highest BCUT2D eigenvalue weighted by Crippen LogP contribution is 2.22. The summed E-state index contributed by atoms with van der Waals surface area (Å²) >= 11 is 0. The molecule has 0 fully saturated rings. The monoisotopic (exact) mass is 239 g/mol. The van der Waals surface area contributed by atoms with E-state index >= 15 is 0 Å². The van der Waals surface area contributed by atoms with Crippen LogP contribution in [0.2, 0.25) is 0 Å². The molecule has 0 radical (unpaired) electrons. The Balaban J connectivity index is 2.26. The Kier molecular flexibility index (Phi) is 4.98. The largest absolute Gasteiger partial charge is 0.321 e. The van der Waals surface area contributed by atoms with E-state index in [1.165, 1.54) is 11.1 Å². The predicted octanol–water partition coefficient (Wildman–Crippen LogP) is 3.98. The fraction of sp³-hybridized carbons (Fsp3) is 0.294. The SMILES string of the molecule is NC1C=C(C2=CC=CCC2)/C=C\C=C\CC/C=C/1. The molecule has 0 saturated carbocycles. The van der Waals surface area contributed by atoms with Gasteiger partial charge in [-0.3, -0.25) is 0 Å². The molecule has 94 valence electrons. The Hall–Kier alpha value is -1.60. The molecule has 0 bridgehead atoms. The number of nitrogens with two attached hydrogens (primary N) is 1. The average Bonchev–Trinajstić information content (AvgIpc) is 2.45. The molecular formula is C17H21N. The van der Waals surface area contributed by atoms with Crippen LogP contribution in [-0.2, 0) is 0 Å². The number of hydrogen-bond donors (Lipinski definition) is 1. The van der Waals surface area contributed by atoms with E-state index < -0.39 is 0 Å². The quantitative estimate of drug-likeness (QED) is 0.688. The number of hydrogen-bond acceptors (Lipinski definition) is 1. The molecule has 18 heavy (non-hydrogen) atoms. The van der Waals surface area contributed by atoms with Gasteiger partial charge < -0.3 is 5.73 Å². The van der Waals surface area contributed by atoms with Crippen molar-refractivity contribution in [1.29, 1.82) is 0 Å². The fourth-order valence-corrected chi connectivity index (χ4v) is 2.16. The van der Waals surface area contributed by atoms with Gasteiger partial charge in [0.15, 0.2) is 0 Å². The lowest BCUT2D eigenvalue weighted by molar-refractivity contribution is 0.954. The van der Waals surface area contributed by atoms with E-state index in [4.69, 9.17) is 5.73 Å². The van der Waals surface area contributed by atoms with Gasteiger partial charge in [-0.15, -0.1) is 0 Å². The maximum atomic E-state index is 6.11. The Morgan fingerprint density at radius 1 is 0.944 bits per heavy atom. The van der Waals surface area contributed by atoms with Crippen LogP contribution in [-0.4, -0.2) is 6.04 Å². The molecule has 0 aromatic carbocycles. The van der Waals surface area contributed by atoms with Crippen LogP contribution >= 0.6 is 0 Å². The first-order valence-electron chi connectivity index (χ1n) is 6.69. The molecule has 2 rings (SSSR count). The van der Waals surface area contributed by atoms with Crippen molar-refractivity contribution in [3.8, 4) is 0 Å². The molecule has 1 nitrogen and oxygen atoms in total. The maximum absolute atomic E-state index is 6.11. The van der Waals surface area contributed by atoms with E-state index in [1.54, 1.807) is 0 Å². The van der Waals surface area contributed by atoms with Crippen LogP contribution < -0.4 is 5.73 Å². The lowest BCUT2D eigenvalue weighted by Crippen LogP contribution is -2.14. The minimum atomic E-state index is 0.00885. The van der Waals surface area contributed by atoms with Crippen molar-refractivity contribution in [2.75, 3.05) is 0 Å². The van der Waals surface area contributed by atoms with Crippen LogP contribution in [0, 0.1) is 0 Å². The van der Waals surface area contributed by atoms with E-state index in [-0.39, 0.29) is 6.04 Å². The first kappa shape index (κ1) is 12.8. The summed E-state index contributed by atoms with van der Waals surface area (Å²) in [4.78, 5) is 0. The maximum Gasteiger partial charge on any atom is 0.0419 e. The average molecular weight is 239 g/mol. The van der Waals surface area contributed by atoms with Gasteiger partial charge in [-0.05, 0) is 36.8 Å². The van der Waals surface area contributed by atoms with Gasteiger partial charge in [-0.25, -0.2) is 0 Å². The van der Waals surface area contributed by atoms with Crippen molar-refractivity contribution in [2.45, 2.75) is 31.7 Å². The fourth-order valence-electron chi connectivity index (χ4n) is 2.16. The van der Waals surface area contributed by atoms with E-state index in [2.05, 4.69) is 60.8 Å². The van der Waals surface area contributed by atoms with Gasteiger partial charge in [-0.2, -0.15) is 0 Å². The lowest BCUT2D eigenvalue weighted by Gasteiger charge is -2.12. The molecule has 1 heteroatoms. The smallest absolute Gasteiger partial charge is 0.0419 e. The highest BCUT2D eigenvalue weighted by molar-refractivity contribution is 5.45. The van der Waals surface area contributed by atoms with Crippen molar-refractivity contribution in [3.63, 3.8) is 0 Å². The Morgan fingerprint density at radius 2 is 1.78 bits per heavy atom. The molecule has 0 aromatic heterocycles. The minimum absolute atomic E-state index is 0.00885. The third kappa shape index (κ3) is 4.01. The molecule has 0 saturated heterocycles. The first-order chi connectivity index (χ1) is 8.86. The summed E-state index contributed by atoms with van der Waals surface area (Å²) in [5.74, 6) is 0. The van der Waals surface area contributed by atoms with E-state index in [0.717, 1.165) is 25.7 Å². The Morgan fingerprint density at radius 3 is 2.61 bits per heavy atom. The molecule has 1 atom stereocenters. The van der Waals surface area contributed by atoms with Gasteiger partial charge in [0.05, 0.1) is 0 Å². The normalized spacial score (nSPS) is 29.7. The van der Waals surface area contributed by atoms with Crippen LogP contribution in [0.4, 0.5) is 0 Å². The predicted molar refractivity (Wildman–Crippen MR) is 79.2 cm³/mol. The molecule has 0 aliphatic heterocycles. The molecule has 0 spiro atoms. The van der Waals surface area contributed by atoms with E-state index in [0.29, 0.717) is 0 Å². The van der Waals surface area contributed by atoms with Crippen LogP contribution in [0.3, 0.4) is 0 Å². The third-order valence-electron chi connectivity index (χ3n) is 3.14. The summed E-state index contributed by atoms with van der Waals surface area (Å²) in [6.45, 7) is 0. The second kappa shape index (κ2) is 6.97. The standard InChI is InChI=1S/C17H21N/c18-17-13-9-4-2-1-3-6-12-16(14-17)15-10-7-5-8-11-15/h1,3,5-7,9-10,12-14,17H,2,4,8,11,18H2/b3-1+,12-6-,13-9+,16-14?. The minimum Gasteiger partial charge on any atom is -0.321 e. The van der Waals surface area contributed by atoms with Gasteiger partial charge in [0.1, 0.15) is 0 Å². The second-order valence-electron chi connectivity index (χ2n) is 4.65. The highest BCUT2D eigenvalue weighted by atomic mass is 14.6. The van der Waals surface area contributed by atoms with Crippen LogP contribution in [0.1, 0.15) is 25.7 Å². The zero-order valence-corrected chi connectivity index (χ0v) is 10.8. The topological polar surface area (TPSA) is 26.0 Å². The van der Waals surface area contributed by atoms with E-state index in [9.17, 15) is 0 Å². The zero-order valence-electron chi connectivity index (χ0n) is 10.8. The van der Waals surface area contributed by atoms with Crippen molar-refractivity contribution < 1.29 is 0 Å². The second-order valence-corrected chi connectivity index (χ2v) is 4.65. The summed E-state index contributed by atoms with van der Waals surface area (Å²) in [5, 5.41) is 0. The third-order valence-corrected chi connectivity index (χ3v) is 3.14. The molecule has 2 N–H and O–H groups in total. The number of rotatable bonds is 1. The summed E-state index contributed by atoms with van der Waals surface area (Å²) in [6.07, 6.45) is 25.9. The van der Waals surface area contributed by atoms with Crippen molar-refractivity contribution >= 4 is 0 Å². The molecule has 1 unspecified atom stereocenters. The summed E-state index contributed by atoms with van der Waals surface area (Å²) in [5.41, 5.74) is 8.74.